The van der Waals surface area contributed by atoms with Crippen molar-refractivity contribution >= 4 is 108 Å². The zero-order chi connectivity index (χ0) is 39.2. The van der Waals surface area contributed by atoms with Crippen LogP contribution in [0.3, 0.4) is 0 Å². The van der Waals surface area contributed by atoms with Gasteiger partial charge in [-0.25, -0.2) is 0 Å². The molecular formula is C30H75O9Si12. The molecule has 0 N–H and O–H groups in total. The van der Waals surface area contributed by atoms with Gasteiger partial charge in [0.2, 0.25) is 0 Å². The first kappa shape index (κ1) is 51.3. The molecule has 1 aliphatic carbocycles. The first-order chi connectivity index (χ1) is 23.5. The highest BCUT2D eigenvalue weighted by Gasteiger charge is 2.48. The summed E-state index contributed by atoms with van der Waals surface area (Å²) in [5, 5.41) is 0. The molecule has 51 heavy (non-hydrogen) atoms. The second-order valence-electron chi connectivity index (χ2n) is 16.0. The zero-order valence-electron chi connectivity index (χ0n) is 35.8. The van der Waals surface area contributed by atoms with Gasteiger partial charge in [-0.05, 0) is 168 Å². The lowest BCUT2D eigenvalue weighted by atomic mass is 9.71. The highest BCUT2D eigenvalue weighted by Crippen LogP contribution is 2.44. The summed E-state index contributed by atoms with van der Waals surface area (Å²) >= 11 is 0. The molecule has 0 amide bonds. The lowest BCUT2D eigenvalue weighted by molar-refractivity contribution is 0.150. The van der Waals surface area contributed by atoms with Gasteiger partial charge < -0.3 is 37.0 Å². The van der Waals surface area contributed by atoms with E-state index in [1.165, 1.54) is 19.3 Å². The molecule has 9 radical (unpaired) electrons. The van der Waals surface area contributed by atoms with E-state index in [0.29, 0.717) is 17.8 Å². The SMILES string of the molecule is C[Si](C)O[Si](CCC1CCC(CC[Si](O[Si](C)C)(O[Si](C)C)O[Si](C)C)C(CC[Si](O[Si](C)C)(O[Si](C)C)O[Si](C)C)C1)(O[Si](C)C)O[Si](C)C. The van der Waals surface area contributed by atoms with Crippen LogP contribution in [0.4, 0.5) is 0 Å². The van der Waals surface area contributed by atoms with Crippen LogP contribution in [-0.4, -0.2) is 108 Å². The lowest BCUT2D eigenvalue weighted by Crippen LogP contribution is -2.54. The fourth-order valence-corrected chi connectivity index (χ4v) is 40.1. The Morgan fingerprint density at radius 2 is 0.569 bits per heavy atom. The molecule has 0 aliphatic heterocycles. The molecule has 0 aromatic rings. The summed E-state index contributed by atoms with van der Waals surface area (Å²) in [5.41, 5.74) is 0. The van der Waals surface area contributed by atoms with Crippen molar-refractivity contribution in [1.82, 2.24) is 0 Å². The molecule has 0 aromatic carbocycles. The van der Waals surface area contributed by atoms with E-state index < -0.39 is 108 Å². The highest BCUT2D eigenvalue weighted by atomic mass is 28.5. The van der Waals surface area contributed by atoms with Crippen molar-refractivity contribution in [2.75, 3.05) is 0 Å². The third-order valence-electron chi connectivity index (χ3n) is 7.99. The topological polar surface area (TPSA) is 83.1 Å². The maximum atomic E-state index is 6.83. The van der Waals surface area contributed by atoms with Gasteiger partial charge in [0.15, 0.2) is 81.4 Å². The summed E-state index contributed by atoms with van der Waals surface area (Å²) in [7, 11) is -17.2. The van der Waals surface area contributed by atoms with Crippen molar-refractivity contribution in [1.29, 1.82) is 0 Å². The molecule has 3 unspecified atom stereocenters. The Morgan fingerprint density at radius 1 is 0.333 bits per heavy atom. The average Bonchev–Trinajstić information content (AvgIpc) is 2.91. The van der Waals surface area contributed by atoms with Crippen LogP contribution >= 0.6 is 0 Å². The molecule has 21 heteroatoms. The molecule has 0 aromatic heterocycles. The van der Waals surface area contributed by atoms with Gasteiger partial charge in [0.25, 0.3) is 0 Å². The Kier molecular flexibility index (Phi) is 25.0. The average molecular weight is 917 g/mol. The standard InChI is InChI=1S/C30H75O9Si12/c1-40(2)31-49(32-41(3)4,33-42(5)6)24-21-28-19-20-29(22-25-50(34-43(7)8,35-44(9)10)36-45(11)12)30(27-28)23-26-51(37-46(13)14,38-47(15)16)39-48(17)18/h28-30H,19-27H2,1-18H3. The van der Waals surface area contributed by atoms with Crippen LogP contribution in [0, 0.1) is 17.8 Å². The zero-order valence-corrected chi connectivity index (χ0v) is 47.8. The van der Waals surface area contributed by atoms with E-state index in [1.54, 1.807) is 0 Å². The summed E-state index contributed by atoms with van der Waals surface area (Å²) in [6.45, 7) is 40.0. The van der Waals surface area contributed by atoms with E-state index in [-0.39, 0.29) is 0 Å². The highest BCUT2D eigenvalue weighted by molar-refractivity contribution is 6.81. The summed E-state index contributed by atoms with van der Waals surface area (Å²) < 4.78 is 61.1. The Labute approximate surface area is 335 Å². The van der Waals surface area contributed by atoms with Crippen LogP contribution in [0.2, 0.25) is 136 Å². The second kappa shape index (κ2) is 24.9. The van der Waals surface area contributed by atoms with E-state index in [0.717, 1.165) is 37.4 Å². The van der Waals surface area contributed by atoms with Crippen molar-refractivity contribution in [3.63, 3.8) is 0 Å². The maximum Gasteiger partial charge on any atom is 0.469 e. The first-order valence-corrected chi connectivity index (χ1v) is 46.4. The second-order valence-corrected chi connectivity index (χ2v) is 45.3. The van der Waals surface area contributed by atoms with Gasteiger partial charge in [-0.15, -0.1) is 0 Å². The third kappa shape index (κ3) is 21.5. The first-order valence-electron chi connectivity index (χ1n) is 18.9. The molecule has 1 rings (SSSR count). The molecule has 297 valence electrons. The van der Waals surface area contributed by atoms with Crippen molar-refractivity contribution in [2.45, 2.75) is 175 Å². The minimum atomic E-state index is -2.81. The van der Waals surface area contributed by atoms with Crippen molar-refractivity contribution in [3.8, 4) is 0 Å². The summed E-state index contributed by atoms with van der Waals surface area (Å²) in [6.07, 6.45) is 6.91. The van der Waals surface area contributed by atoms with Crippen molar-refractivity contribution < 1.29 is 37.0 Å². The molecule has 0 spiro atoms. The van der Waals surface area contributed by atoms with Gasteiger partial charge in [-0.1, -0.05) is 6.42 Å². The van der Waals surface area contributed by atoms with Crippen LogP contribution in [-0.2, 0) is 37.0 Å². The van der Waals surface area contributed by atoms with Crippen LogP contribution in [0.1, 0.15) is 38.5 Å². The molecule has 3 atom stereocenters. The molecule has 1 aliphatic rings. The minimum Gasteiger partial charge on any atom is -0.416 e. The van der Waals surface area contributed by atoms with Gasteiger partial charge in [-0.3, -0.25) is 0 Å². The van der Waals surface area contributed by atoms with Crippen molar-refractivity contribution in [2.24, 2.45) is 17.8 Å². The molecule has 0 bridgehead atoms. The summed E-state index contributed by atoms with van der Waals surface area (Å²) in [4.78, 5) is 0. The fourth-order valence-electron chi connectivity index (χ4n) is 6.97. The van der Waals surface area contributed by atoms with Gasteiger partial charge in [-0.2, -0.15) is 0 Å². The van der Waals surface area contributed by atoms with E-state index in [9.17, 15) is 0 Å². The molecule has 9 nitrogen and oxygen atoms in total. The van der Waals surface area contributed by atoms with Gasteiger partial charge in [0, 0.05) is 18.1 Å². The summed E-state index contributed by atoms with van der Waals surface area (Å²) in [6, 6.07) is 2.74. The molecule has 0 heterocycles. The van der Waals surface area contributed by atoms with Gasteiger partial charge >= 0.3 is 26.4 Å². The monoisotopic (exact) mass is 915 g/mol. The predicted octanol–water partition coefficient (Wildman–Crippen LogP) is 9.42. The van der Waals surface area contributed by atoms with Crippen LogP contribution < -0.4 is 0 Å². The van der Waals surface area contributed by atoms with E-state index >= 15 is 0 Å². The number of rotatable bonds is 27. The molecule has 0 saturated heterocycles. The Morgan fingerprint density at radius 3 is 0.824 bits per heavy atom. The maximum absolute atomic E-state index is 6.83. The van der Waals surface area contributed by atoms with E-state index in [1.807, 2.05) is 0 Å². The van der Waals surface area contributed by atoms with E-state index in [2.05, 4.69) is 118 Å². The minimum absolute atomic E-state index is 0.551. The quantitative estimate of drug-likeness (QED) is 0.0750. The van der Waals surface area contributed by atoms with Crippen LogP contribution in [0.15, 0.2) is 0 Å². The summed E-state index contributed by atoms with van der Waals surface area (Å²) in [5.74, 6) is 1.75. The Bertz CT molecular complexity index is 855. The van der Waals surface area contributed by atoms with Crippen LogP contribution in [0.5, 0.6) is 0 Å². The largest absolute Gasteiger partial charge is 0.469 e. The van der Waals surface area contributed by atoms with Crippen LogP contribution in [0.25, 0.3) is 0 Å². The van der Waals surface area contributed by atoms with Crippen molar-refractivity contribution in [3.05, 3.63) is 0 Å². The predicted molar refractivity (Wildman–Crippen MR) is 237 cm³/mol. The molecule has 1 fully saturated rings. The molecular weight excluding hydrogens is 841 g/mol. The lowest BCUT2D eigenvalue weighted by Gasteiger charge is -2.42. The Hall–Kier alpha value is 2.24. The third-order valence-corrected chi connectivity index (χ3v) is 36.6. The Balaban J connectivity index is 3.48. The van der Waals surface area contributed by atoms with Gasteiger partial charge in [0.05, 0.1) is 0 Å². The number of hydrogen-bond donors (Lipinski definition) is 0. The fraction of sp³-hybridized carbons (Fsp3) is 1.00. The normalized spacial score (nSPS) is 19.9. The smallest absolute Gasteiger partial charge is 0.416 e. The van der Waals surface area contributed by atoms with Gasteiger partial charge in [0.1, 0.15) is 0 Å². The number of hydrogen-bond acceptors (Lipinski definition) is 9. The van der Waals surface area contributed by atoms with E-state index in [4.69, 9.17) is 37.0 Å². The molecule has 1 saturated carbocycles.